The summed E-state index contributed by atoms with van der Waals surface area (Å²) >= 11 is 0. The summed E-state index contributed by atoms with van der Waals surface area (Å²) in [5.74, 6) is 0. The van der Waals surface area contributed by atoms with Gasteiger partial charge < -0.3 is 5.32 Å². The van der Waals surface area contributed by atoms with Crippen molar-refractivity contribution >= 4 is 0 Å². The highest BCUT2D eigenvalue weighted by Gasteiger charge is 2.35. The summed E-state index contributed by atoms with van der Waals surface area (Å²) in [6.45, 7) is 9.55. The highest BCUT2D eigenvalue weighted by atomic mass is 15.3. The second-order valence-electron chi connectivity index (χ2n) is 5.73. The van der Waals surface area contributed by atoms with Gasteiger partial charge in [-0.25, -0.2) is 0 Å². The van der Waals surface area contributed by atoms with Crippen LogP contribution in [0.2, 0.25) is 0 Å². The van der Waals surface area contributed by atoms with Gasteiger partial charge >= 0.3 is 0 Å². The van der Waals surface area contributed by atoms with Crippen molar-refractivity contribution in [3.8, 4) is 0 Å². The molecule has 2 heterocycles. The van der Waals surface area contributed by atoms with Crippen LogP contribution in [0.15, 0.2) is 30.3 Å². The molecule has 2 fully saturated rings. The lowest BCUT2D eigenvalue weighted by Crippen LogP contribution is -2.63. The molecule has 0 saturated carbocycles. The minimum Gasteiger partial charge on any atom is -0.314 e. The van der Waals surface area contributed by atoms with Crippen LogP contribution in [0.1, 0.15) is 24.9 Å². The molecule has 0 amide bonds. The molecule has 2 saturated heterocycles. The third-order valence-corrected chi connectivity index (χ3v) is 4.57. The first-order chi connectivity index (χ1) is 9.38. The Morgan fingerprint density at radius 2 is 1.84 bits per heavy atom. The van der Waals surface area contributed by atoms with Crippen LogP contribution in [0.3, 0.4) is 0 Å². The van der Waals surface area contributed by atoms with E-state index in [1.807, 2.05) is 0 Å². The van der Waals surface area contributed by atoms with E-state index >= 15 is 0 Å². The normalized spacial score (nSPS) is 24.1. The van der Waals surface area contributed by atoms with E-state index in [1.165, 1.54) is 38.2 Å². The Morgan fingerprint density at radius 1 is 1.16 bits per heavy atom. The van der Waals surface area contributed by atoms with Crippen LogP contribution in [0.25, 0.3) is 0 Å². The zero-order chi connectivity index (χ0) is 13.1. The van der Waals surface area contributed by atoms with Gasteiger partial charge in [-0.05, 0) is 12.0 Å². The van der Waals surface area contributed by atoms with E-state index < -0.39 is 0 Å². The molecule has 3 nitrogen and oxygen atoms in total. The van der Waals surface area contributed by atoms with Crippen molar-refractivity contribution in [2.75, 3.05) is 39.3 Å². The number of piperazine rings is 1. The molecule has 0 spiro atoms. The molecule has 1 atom stereocenters. The molecule has 1 unspecified atom stereocenters. The molecule has 0 radical (unpaired) electrons. The summed E-state index contributed by atoms with van der Waals surface area (Å²) in [5.41, 5.74) is 1.48. The molecule has 0 aliphatic carbocycles. The minimum absolute atomic E-state index is 0.611. The Morgan fingerprint density at radius 3 is 2.47 bits per heavy atom. The Kier molecular flexibility index (Phi) is 4.16. The Hall–Kier alpha value is -0.900. The van der Waals surface area contributed by atoms with Gasteiger partial charge in [0, 0.05) is 51.4 Å². The van der Waals surface area contributed by atoms with Gasteiger partial charge in [0.15, 0.2) is 0 Å². The monoisotopic (exact) mass is 259 g/mol. The molecule has 1 N–H and O–H groups in total. The summed E-state index contributed by atoms with van der Waals surface area (Å²) < 4.78 is 0. The Bertz CT molecular complexity index is 380. The topological polar surface area (TPSA) is 18.5 Å². The van der Waals surface area contributed by atoms with Crippen molar-refractivity contribution in [3.63, 3.8) is 0 Å². The average molecular weight is 259 g/mol. The predicted molar refractivity (Wildman–Crippen MR) is 79.3 cm³/mol. The number of hydrogen-bond acceptors (Lipinski definition) is 3. The fourth-order valence-corrected chi connectivity index (χ4v) is 3.40. The van der Waals surface area contributed by atoms with Crippen molar-refractivity contribution in [2.24, 2.45) is 0 Å². The molecule has 3 rings (SSSR count). The third-order valence-electron chi connectivity index (χ3n) is 4.57. The van der Waals surface area contributed by atoms with Gasteiger partial charge in [0.1, 0.15) is 0 Å². The molecule has 2 aliphatic heterocycles. The maximum absolute atomic E-state index is 3.43. The van der Waals surface area contributed by atoms with Gasteiger partial charge in [-0.2, -0.15) is 0 Å². The van der Waals surface area contributed by atoms with Crippen molar-refractivity contribution in [3.05, 3.63) is 35.9 Å². The molecular formula is C16H25N3. The van der Waals surface area contributed by atoms with Gasteiger partial charge in [-0.1, -0.05) is 37.3 Å². The molecule has 1 aromatic rings. The highest BCUT2D eigenvalue weighted by Crippen LogP contribution is 2.30. The molecule has 0 aromatic heterocycles. The number of nitrogens with one attached hydrogen (secondary N) is 1. The molecule has 1 aromatic carbocycles. The summed E-state index contributed by atoms with van der Waals surface area (Å²) in [5, 5.41) is 3.43. The fourth-order valence-electron chi connectivity index (χ4n) is 3.40. The standard InChI is InChI=1S/C16H25N3/c1-2-16(14-6-4-3-5-7-14)19-12-15(13-19)18-10-8-17-9-11-18/h3-7,15-17H,2,8-13H2,1H3. The quantitative estimate of drug-likeness (QED) is 0.888. The van der Waals surface area contributed by atoms with Crippen molar-refractivity contribution in [2.45, 2.75) is 25.4 Å². The lowest BCUT2D eigenvalue weighted by atomic mass is 9.96. The predicted octanol–water partition coefficient (Wildman–Crippen LogP) is 1.73. The zero-order valence-corrected chi connectivity index (χ0v) is 11.9. The lowest BCUT2D eigenvalue weighted by molar-refractivity contribution is -0.00233. The minimum atomic E-state index is 0.611. The summed E-state index contributed by atoms with van der Waals surface area (Å²) in [4.78, 5) is 5.30. The van der Waals surface area contributed by atoms with Crippen molar-refractivity contribution in [1.82, 2.24) is 15.1 Å². The number of nitrogens with zero attached hydrogens (tertiary/aromatic N) is 2. The zero-order valence-electron chi connectivity index (χ0n) is 11.9. The smallest absolute Gasteiger partial charge is 0.0351 e. The highest BCUT2D eigenvalue weighted by molar-refractivity contribution is 5.20. The SMILES string of the molecule is CCC(c1ccccc1)N1CC(N2CCNCC2)C1. The first-order valence-electron chi connectivity index (χ1n) is 7.62. The summed E-state index contributed by atoms with van der Waals surface area (Å²) in [6, 6.07) is 12.4. The lowest BCUT2D eigenvalue weighted by Gasteiger charge is -2.50. The van der Waals surface area contributed by atoms with Crippen LogP contribution in [0.4, 0.5) is 0 Å². The third kappa shape index (κ3) is 2.83. The van der Waals surface area contributed by atoms with Gasteiger partial charge in [-0.15, -0.1) is 0 Å². The van der Waals surface area contributed by atoms with Crippen molar-refractivity contribution < 1.29 is 0 Å². The van der Waals surface area contributed by atoms with Crippen LogP contribution < -0.4 is 5.32 Å². The Labute approximate surface area is 116 Å². The number of hydrogen-bond donors (Lipinski definition) is 1. The van der Waals surface area contributed by atoms with Gasteiger partial charge in [0.25, 0.3) is 0 Å². The maximum atomic E-state index is 3.43. The fraction of sp³-hybridized carbons (Fsp3) is 0.625. The first kappa shape index (κ1) is 13.1. The number of likely N-dealkylation sites (tertiary alicyclic amines) is 1. The number of rotatable bonds is 4. The largest absolute Gasteiger partial charge is 0.314 e. The Balaban J connectivity index is 1.56. The van der Waals surface area contributed by atoms with Crippen LogP contribution >= 0.6 is 0 Å². The second-order valence-corrected chi connectivity index (χ2v) is 5.73. The summed E-state index contributed by atoms with van der Waals surface area (Å²) in [7, 11) is 0. The van der Waals surface area contributed by atoms with Gasteiger partial charge in [0.2, 0.25) is 0 Å². The molecule has 3 heteroatoms. The van der Waals surface area contributed by atoms with Gasteiger partial charge in [-0.3, -0.25) is 9.80 Å². The average Bonchev–Trinajstić information content (AvgIpc) is 2.44. The molecule has 2 aliphatic rings. The van der Waals surface area contributed by atoms with E-state index in [2.05, 4.69) is 52.4 Å². The van der Waals surface area contributed by atoms with Gasteiger partial charge in [0.05, 0.1) is 0 Å². The van der Waals surface area contributed by atoms with Crippen LogP contribution in [0, 0.1) is 0 Å². The van der Waals surface area contributed by atoms with Crippen LogP contribution in [-0.4, -0.2) is 55.1 Å². The van der Waals surface area contributed by atoms with E-state index in [-0.39, 0.29) is 0 Å². The van der Waals surface area contributed by atoms with E-state index in [4.69, 9.17) is 0 Å². The molecule has 0 bridgehead atoms. The molecule has 19 heavy (non-hydrogen) atoms. The second kappa shape index (κ2) is 6.04. The number of benzene rings is 1. The van der Waals surface area contributed by atoms with E-state index in [1.54, 1.807) is 0 Å². The van der Waals surface area contributed by atoms with Crippen molar-refractivity contribution in [1.29, 1.82) is 0 Å². The first-order valence-corrected chi connectivity index (χ1v) is 7.62. The summed E-state index contributed by atoms with van der Waals surface area (Å²) in [6.07, 6.45) is 1.21. The maximum Gasteiger partial charge on any atom is 0.0351 e. The molecular weight excluding hydrogens is 234 g/mol. The van der Waals surface area contributed by atoms with Crippen LogP contribution in [-0.2, 0) is 0 Å². The van der Waals surface area contributed by atoms with E-state index in [0.29, 0.717) is 6.04 Å². The molecule has 104 valence electrons. The van der Waals surface area contributed by atoms with E-state index in [0.717, 1.165) is 19.1 Å². The van der Waals surface area contributed by atoms with E-state index in [9.17, 15) is 0 Å². The van der Waals surface area contributed by atoms with Crippen LogP contribution in [0.5, 0.6) is 0 Å².